The lowest BCUT2D eigenvalue weighted by Gasteiger charge is -2.24. The topological polar surface area (TPSA) is 88.4 Å². The minimum atomic E-state index is -0.716. The number of nitrogens with zero attached hydrogens (tertiary/aromatic N) is 2. The van der Waals surface area contributed by atoms with Gasteiger partial charge in [0.2, 0.25) is 0 Å². The van der Waals surface area contributed by atoms with Crippen molar-refractivity contribution in [2.24, 2.45) is 4.99 Å². The van der Waals surface area contributed by atoms with Crippen LogP contribution in [0.2, 0.25) is 0 Å². The van der Waals surface area contributed by atoms with Gasteiger partial charge in [-0.3, -0.25) is 9.36 Å². The van der Waals surface area contributed by atoms with Crippen LogP contribution in [-0.4, -0.2) is 37.5 Å². The van der Waals surface area contributed by atoms with E-state index in [1.165, 1.54) is 11.3 Å². The minimum absolute atomic E-state index is 0.203. The van der Waals surface area contributed by atoms with E-state index in [-0.39, 0.29) is 18.8 Å². The van der Waals surface area contributed by atoms with Gasteiger partial charge in [0.25, 0.3) is 5.56 Å². The molecule has 0 saturated carbocycles. The molecule has 0 spiro atoms. The summed E-state index contributed by atoms with van der Waals surface area (Å²) in [7, 11) is 1.55. The molecule has 0 N–H and O–H groups in total. The Balaban J connectivity index is 1.94. The van der Waals surface area contributed by atoms with Gasteiger partial charge in [0.05, 0.1) is 42.2 Å². The number of aromatic nitrogens is 1. The van der Waals surface area contributed by atoms with Crippen LogP contribution < -0.4 is 29.1 Å². The van der Waals surface area contributed by atoms with Gasteiger partial charge in [-0.1, -0.05) is 52.1 Å². The van der Waals surface area contributed by atoms with E-state index >= 15 is 0 Å². The lowest BCUT2D eigenvalue weighted by atomic mass is 9.96. The Hall–Kier alpha value is -3.63. The molecule has 10 heteroatoms. The smallest absolute Gasteiger partial charge is 0.338 e. The molecule has 2 heterocycles. The fourth-order valence-electron chi connectivity index (χ4n) is 4.31. The minimum Gasteiger partial charge on any atom is -0.494 e. The zero-order chi connectivity index (χ0) is 28.1. The SMILES string of the molecule is C=CCOc1c(/C=c2\sc3n(c2=O)[C@@H](c2ccc(OCC)cc2)C(C(=O)OCC)=C(C)N=3)cc(Br)cc1OC. The van der Waals surface area contributed by atoms with Crippen LogP contribution in [0.15, 0.2) is 74.6 Å². The number of hydrogen-bond donors (Lipinski definition) is 0. The first-order valence-electron chi connectivity index (χ1n) is 12.4. The Morgan fingerprint density at radius 2 is 1.92 bits per heavy atom. The van der Waals surface area contributed by atoms with Crippen molar-refractivity contribution in [3.63, 3.8) is 0 Å². The Morgan fingerprint density at radius 3 is 2.56 bits per heavy atom. The van der Waals surface area contributed by atoms with E-state index in [1.54, 1.807) is 43.7 Å². The number of hydrogen-bond acceptors (Lipinski definition) is 8. The molecule has 1 aliphatic heterocycles. The Kier molecular flexibility index (Phi) is 9.08. The molecule has 39 heavy (non-hydrogen) atoms. The molecule has 0 amide bonds. The van der Waals surface area contributed by atoms with Gasteiger partial charge in [0, 0.05) is 10.0 Å². The molecular formula is C29H29BrN2O6S. The number of rotatable bonds is 10. The van der Waals surface area contributed by atoms with Crippen molar-refractivity contribution in [3.8, 4) is 17.2 Å². The molecular weight excluding hydrogens is 584 g/mol. The molecule has 1 aliphatic rings. The van der Waals surface area contributed by atoms with Crippen LogP contribution in [0.3, 0.4) is 0 Å². The highest BCUT2D eigenvalue weighted by molar-refractivity contribution is 9.10. The highest BCUT2D eigenvalue weighted by Crippen LogP contribution is 2.36. The maximum absolute atomic E-state index is 14.0. The first kappa shape index (κ1) is 28.4. The molecule has 0 bridgehead atoms. The third-order valence-corrected chi connectivity index (χ3v) is 7.37. The van der Waals surface area contributed by atoms with Gasteiger partial charge in [-0.05, 0) is 56.7 Å². The van der Waals surface area contributed by atoms with E-state index in [2.05, 4.69) is 27.5 Å². The monoisotopic (exact) mass is 612 g/mol. The van der Waals surface area contributed by atoms with E-state index in [9.17, 15) is 9.59 Å². The van der Waals surface area contributed by atoms with E-state index in [0.29, 0.717) is 50.0 Å². The zero-order valence-electron chi connectivity index (χ0n) is 22.2. The molecule has 0 unspecified atom stereocenters. The standard InChI is InChI=1S/C29H29BrN2O6S/c1-6-13-38-26-19(14-20(30)16-22(26)35-5)15-23-27(33)32-25(18-9-11-21(12-10-18)36-7-2)24(28(34)37-8-3)17(4)31-29(32)39-23/h6,9-12,14-16,25H,1,7-8,13H2,2-5H3/b23-15-/t25-/m0/s1. The zero-order valence-corrected chi connectivity index (χ0v) is 24.6. The van der Waals surface area contributed by atoms with Gasteiger partial charge in [-0.25, -0.2) is 9.79 Å². The van der Waals surface area contributed by atoms with Gasteiger partial charge in [-0.2, -0.15) is 0 Å². The number of allylic oxidation sites excluding steroid dienone is 1. The van der Waals surface area contributed by atoms with Gasteiger partial charge in [0.1, 0.15) is 12.4 Å². The summed E-state index contributed by atoms with van der Waals surface area (Å²) in [4.78, 5) is 32.2. The van der Waals surface area contributed by atoms with Crippen molar-refractivity contribution in [2.75, 3.05) is 26.9 Å². The van der Waals surface area contributed by atoms with E-state index in [0.717, 1.165) is 10.0 Å². The quantitative estimate of drug-likeness (QED) is 0.247. The molecule has 3 aromatic rings. The molecule has 0 aliphatic carbocycles. The van der Waals surface area contributed by atoms with Crippen molar-refractivity contribution in [2.45, 2.75) is 26.8 Å². The van der Waals surface area contributed by atoms with Gasteiger partial charge in [-0.15, -0.1) is 0 Å². The molecule has 1 aromatic heterocycles. The maximum Gasteiger partial charge on any atom is 0.338 e. The first-order valence-corrected chi connectivity index (χ1v) is 14.0. The molecule has 1 atom stereocenters. The molecule has 8 nitrogen and oxygen atoms in total. The van der Waals surface area contributed by atoms with Gasteiger partial charge >= 0.3 is 5.97 Å². The second-order valence-electron chi connectivity index (χ2n) is 8.43. The number of carbonyl (C=O) groups is 1. The third-order valence-electron chi connectivity index (χ3n) is 5.92. The van der Waals surface area contributed by atoms with Crippen LogP contribution in [0.4, 0.5) is 0 Å². The number of halogens is 1. The lowest BCUT2D eigenvalue weighted by molar-refractivity contribution is -0.139. The van der Waals surface area contributed by atoms with E-state index in [4.69, 9.17) is 18.9 Å². The molecule has 4 rings (SSSR count). The molecule has 204 valence electrons. The number of carbonyl (C=O) groups excluding carboxylic acids is 1. The fraction of sp³-hybridized carbons (Fsp3) is 0.276. The Bertz CT molecular complexity index is 1600. The van der Waals surface area contributed by atoms with Crippen LogP contribution in [0.1, 0.15) is 37.9 Å². The van der Waals surface area contributed by atoms with Gasteiger partial charge in [0.15, 0.2) is 16.3 Å². The maximum atomic E-state index is 14.0. The first-order chi connectivity index (χ1) is 18.8. The summed E-state index contributed by atoms with van der Waals surface area (Å²) < 4.78 is 25.1. The molecule has 0 radical (unpaired) electrons. The third kappa shape index (κ3) is 5.86. The van der Waals surface area contributed by atoms with E-state index < -0.39 is 12.0 Å². The fourth-order valence-corrected chi connectivity index (χ4v) is 5.80. The van der Waals surface area contributed by atoms with Crippen LogP contribution in [0.5, 0.6) is 17.2 Å². The second-order valence-corrected chi connectivity index (χ2v) is 10.4. The summed E-state index contributed by atoms with van der Waals surface area (Å²) in [6.07, 6.45) is 3.38. The predicted octanol–water partition coefficient (Wildman–Crippen LogP) is 4.53. The summed E-state index contributed by atoms with van der Waals surface area (Å²) in [6, 6.07) is 10.3. The molecule has 0 fully saturated rings. The summed E-state index contributed by atoms with van der Waals surface area (Å²) in [5.41, 5.74) is 1.91. The average molecular weight is 614 g/mol. The summed E-state index contributed by atoms with van der Waals surface area (Å²) >= 11 is 4.74. The largest absolute Gasteiger partial charge is 0.494 e. The molecule has 0 saturated heterocycles. The lowest BCUT2D eigenvalue weighted by Crippen LogP contribution is -2.39. The van der Waals surface area contributed by atoms with Crippen molar-refractivity contribution in [1.29, 1.82) is 0 Å². The van der Waals surface area contributed by atoms with Crippen LogP contribution in [0.25, 0.3) is 6.08 Å². The number of methoxy groups -OCH3 is 1. The number of benzene rings is 2. The number of esters is 1. The van der Waals surface area contributed by atoms with E-state index in [1.807, 2.05) is 37.3 Å². The Morgan fingerprint density at radius 1 is 1.18 bits per heavy atom. The van der Waals surface area contributed by atoms with Crippen molar-refractivity contribution < 1.29 is 23.7 Å². The van der Waals surface area contributed by atoms with Crippen LogP contribution >= 0.6 is 27.3 Å². The Labute approximate surface area is 238 Å². The van der Waals surface area contributed by atoms with Crippen LogP contribution in [0, 0.1) is 0 Å². The summed E-state index contributed by atoms with van der Waals surface area (Å²) in [5, 5.41) is 0. The molecule has 2 aromatic carbocycles. The summed E-state index contributed by atoms with van der Waals surface area (Å²) in [6.45, 7) is 10.1. The van der Waals surface area contributed by atoms with Crippen molar-refractivity contribution in [3.05, 3.63) is 95.6 Å². The van der Waals surface area contributed by atoms with Crippen molar-refractivity contribution >= 4 is 39.3 Å². The number of fused-ring (bicyclic) bond motifs is 1. The number of ether oxygens (including phenoxy) is 4. The highest BCUT2D eigenvalue weighted by Gasteiger charge is 2.33. The number of thiazole rings is 1. The average Bonchev–Trinajstić information content (AvgIpc) is 3.21. The highest BCUT2D eigenvalue weighted by atomic mass is 79.9. The van der Waals surface area contributed by atoms with Crippen LogP contribution in [-0.2, 0) is 9.53 Å². The summed E-state index contributed by atoms with van der Waals surface area (Å²) in [5.74, 6) is 1.18. The normalized spacial score (nSPS) is 14.9. The van der Waals surface area contributed by atoms with Crippen molar-refractivity contribution in [1.82, 2.24) is 4.57 Å². The second kappa shape index (κ2) is 12.5. The van der Waals surface area contributed by atoms with Gasteiger partial charge < -0.3 is 18.9 Å². The predicted molar refractivity (Wildman–Crippen MR) is 154 cm³/mol.